The number of aldehydes is 1. The number of nitrogens with two attached hydrogens (primary N) is 1. The van der Waals surface area contributed by atoms with Gasteiger partial charge in [0.1, 0.15) is 6.29 Å². The summed E-state index contributed by atoms with van der Waals surface area (Å²) in [6.07, 6.45) is -19.6. The van der Waals surface area contributed by atoms with Crippen LogP contribution in [0.4, 0.5) is 52.7 Å². The van der Waals surface area contributed by atoms with Crippen molar-refractivity contribution in [3.05, 3.63) is 142 Å². The number of nitrogens with one attached hydrogen (secondary N) is 1. The number of hydrogen-bond acceptors (Lipinski definition) is 5. The lowest BCUT2D eigenvalue weighted by Gasteiger charge is -2.41. The van der Waals surface area contributed by atoms with E-state index in [1.54, 1.807) is 37.3 Å². The average Bonchev–Trinajstić information content (AvgIpc) is 3.19. The number of carbonyl (C=O) groups is 1. The SMILES string of the molecule is C[C@@H](OC[C@@]1(c2ccccc2)CC[C@H](N)CN1)c1cc(C(F)(F)F)cc(C(F)(F)F)c1.C[C@@H](OC[C@](C)(CC=O)c1ccccc1)c1cc(C(F)(F)F)cc(C(F)(F)F)c1. The van der Waals surface area contributed by atoms with E-state index >= 15 is 0 Å². The van der Waals surface area contributed by atoms with Gasteiger partial charge in [-0.25, -0.2) is 0 Å². The zero-order valence-corrected chi connectivity index (χ0v) is 32.6. The molecule has 0 bridgehead atoms. The van der Waals surface area contributed by atoms with Crippen LogP contribution in [0.3, 0.4) is 0 Å². The number of alkyl halides is 12. The minimum Gasteiger partial charge on any atom is -0.373 e. The molecule has 17 heteroatoms. The molecule has 0 aliphatic carbocycles. The molecule has 5 rings (SSSR count). The Balaban J connectivity index is 0.000000265. The minimum absolute atomic E-state index is 0.0351. The molecule has 1 aliphatic rings. The summed E-state index contributed by atoms with van der Waals surface area (Å²) >= 11 is 0. The number of ether oxygens (including phenoxy) is 2. The summed E-state index contributed by atoms with van der Waals surface area (Å²) in [6, 6.07) is 21.2. The predicted octanol–water partition coefficient (Wildman–Crippen LogP) is 11.8. The third kappa shape index (κ3) is 12.8. The van der Waals surface area contributed by atoms with E-state index in [2.05, 4.69) is 5.32 Å². The molecule has 1 heterocycles. The van der Waals surface area contributed by atoms with Crippen LogP contribution in [0.15, 0.2) is 97.1 Å². The standard InChI is InChI=1S/C22H24F6N2O.C21H20F6O2/c1-14(15-9-17(21(23,24)25)11-18(10-15)22(26,27)28)31-13-20(8-7-19(29)12-30-20)16-5-3-2-4-6-16;1-14(29-13-19(2,8-9-28)16-6-4-3-5-7-16)15-10-17(20(22,23)24)12-18(11-15)21(25,26)27/h2-6,9-11,14,19,30H,7-8,12-13,29H2,1H3;3-7,9-12,14H,8,13H2,1-2H3/t14-,19+,20-;14-,19+/m11/s1. The Labute approximate surface area is 339 Å². The molecule has 328 valence electrons. The molecule has 60 heavy (non-hydrogen) atoms. The van der Waals surface area contributed by atoms with Crippen molar-refractivity contribution in [3.63, 3.8) is 0 Å². The van der Waals surface area contributed by atoms with Crippen molar-refractivity contribution in [2.75, 3.05) is 19.8 Å². The van der Waals surface area contributed by atoms with Gasteiger partial charge in [0.15, 0.2) is 0 Å². The Morgan fingerprint density at radius 3 is 1.47 bits per heavy atom. The summed E-state index contributed by atoms with van der Waals surface area (Å²) in [6.45, 7) is 5.10. The number of piperidine rings is 1. The van der Waals surface area contributed by atoms with Crippen molar-refractivity contribution in [2.45, 2.75) is 93.9 Å². The lowest BCUT2D eigenvalue weighted by Crippen LogP contribution is -2.55. The first-order valence-corrected chi connectivity index (χ1v) is 18.6. The molecule has 0 amide bonds. The number of halogens is 12. The van der Waals surface area contributed by atoms with Crippen molar-refractivity contribution in [1.82, 2.24) is 5.32 Å². The van der Waals surface area contributed by atoms with Gasteiger partial charge in [0, 0.05) is 24.4 Å². The van der Waals surface area contributed by atoms with Crippen molar-refractivity contribution in [2.24, 2.45) is 5.73 Å². The molecule has 4 aromatic rings. The van der Waals surface area contributed by atoms with E-state index in [9.17, 15) is 57.5 Å². The van der Waals surface area contributed by atoms with E-state index in [-0.39, 0.29) is 48.9 Å². The first kappa shape index (κ1) is 48.2. The van der Waals surface area contributed by atoms with Gasteiger partial charge in [-0.05, 0) is 85.3 Å². The van der Waals surface area contributed by atoms with E-state index in [1.807, 2.05) is 30.3 Å². The van der Waals surface area contributed by atoms with Crippen molar-refractivity contribution < 1.29 is 67.0 Å². The van der Waals surface area contributed by atoms with Crippen LogP contribution < -0.4 is 11.1 Å². The second-order valence-corrected chi connectivity index (χ2v) is 15.0. The molecule has 1 fully saturated rings. The van der Waals surface area contributed by atoms with Crippen LogP contribution in [-0.2, 0) is 49.9 Å². The van der Waals surface area contributed by atoms with Gasteiger partial charge in [-0.1, -0.05) is 67.6 Å². The minimum atomic E-state index is -4.92. The van der Waals surface area contributed by atoms with Gasteiger partial charge in [0.05, 0.1) is 53.2 Å². The second kappa shape index (κ2) is 19.1. The summed E-state index contributed by atoms with van der Waals surface area (Å²) in [5, 5.41) is 3.37. The maximum atomic E-state index is 13.2. The molecule has 0 radical (unpaired) electrons. The second-order valence-electron chi connectivity index (χ2n) is 15.0. The van der Waals surface area contributed by atoms with E-state index in [1.165, 1.54) is 13.8 Å². The van der Waals surface area contributed by atoms with Crippen LogP contribution in [0.5, 0.6) is 0 Å². The molecular weight excluding hydrogens is 820 g/mol. The maximum absolute atomic E-state index is 13.2. The van der Waals surface area contributed by atoms with Gasteiger partial charge in [-0.2, -0.15) is 52.7 Å². The Bertz CT molecular complexity index is 1930. The maximum Gasteiger partial charge on any atom is 0.416 e. The van der Waals surface area contributed by atoms with Crippen LogP contribution in [0.1, 0.15) is 96.7 Å². The van der Waals surface area contributed by atoms with Crippen molar-refractivity contribution >= 4 is 6.29 Å². The molecule has 5 nitrogen and oxygen atoms in total. The summed E-state index contributed by atoms with van der Waals surface area (Å²) in [7, 11) is 0. The summed E-state index contributed by atoms with van der Waals surface area (Å²) < 4.78 is 169. The van der Waals surface area contributed by atoms with E-state index < -0.39 is 70.1 Å². The molecule has 1 saturated heterocycles. The molecule has 5 atom stereocenters. The highest BCUT2D eigenvalue weighted by Crippen LogP contribution is 2.41. The van der Waals surface area contributed by atoms with Gasteiger partial charge in [0.2, 0.25) is 0 Å². The first-order valence-electron chi connectivity index (χ1n) is 18.6. The van der Waals surface area contributed by atoms with Crippen molar-refractivity contribution in [1.29, 1.82) is 0 Å². The Kier molecular flexibility index (Phi) is 15.3. The lowest BCUT2D eigenvalue weighted by atomic mass is 9.80. The molecule has 1 aliphatic heterocycles. The molecule has 0 saturated carbocycles. The molecule has 4 aromatic carbocycles. The highest BCUT2D eigenvalue weighted by Gasteiger charge is 2.40. The fraction of sp³-hybridized carbons (Fsp3) is 0.419. The Morgan fingerprint density at radius 1 is 0.667 bits per heavy atom. The fourth-order valence-electron chi connectivity index (χ4n) is 6.64. The summed E-state index contributed by atoms with van der Waals surface area (Å²) in [4.78, 5) is 11.1. The fourth-order valence-corrected chi connectivity index (χ4v) is 6.64. The van der Waals surface area contributed by atoms with Crippen LogP contribution in [0, 0.1) is 0 Å². The third-order valence-corrected chi connectivity index (χ3v) is 10.4. The molecule has 0 spiro atoms. The Morgan fingerprint density at radius 2 is 1.08 bits per heavy atom. The predicted molar refractivity (Wildman–Crippen MR) is 199 cm³/mol. The third-order valence-electron chi connectivity index (χ3n) is 10.4. The number of hydrogen-bond donors (Lipinski definition) is 2. The first-order chi connectivity index (χ1) is 27.8. The molecule has 3 N–H and O–H groups in total. The van der Waals surface area contributed by atoms with E-state index in [4.69, 9.17) is 15.2 Å². The summed E-state index contributed by atoms with van der Waals surface area (Å²) in [5.74, 6) is 0. The van der Waals surface area contributed by atoms with Gasteiger partial charge < -0.3 is 25.3 Å². The van der Waals surface area contributed by atoms with Crippen LogP contribution in [-0.4, -0.2) is 32.1 Å². The highest BCUT2D eigenvalue weighted by atomic mass is 19.4. The normalized spacial score (nSPS) is 19.7. The van der Waals surface area contributed by atoms with Gasteiger partial charge in [-0.15, -0.1) is 0 Å². The van der Waals surface area contributed by atoms with Gasteiger partial charge in [0.25, 0.3) is 0 Å². The topological polar surface area (TPSA) is 73.6 Å². The molecule has 0 unspecified atom stereocenters. The average molecular weight is 865 g/mol. The smallest absolute Gasteiger partial charge is 0.373 e. The zero-order chi connectivity index (χ0) is 44.7. The number of rotatable bonds is 12. The van der Waals surface area contributed by atoms with E-state index in [0.29, 0.717) is 49.9 Å². The van der Waals surface area contributed by atoms with Gasteiger partial charge in [-0.3, -0.25) is 0 Å². The number of carbonyl (C=O) groups excluding carboxylic acids is 1. The lowest BCUT2D eigenvalue weighted by molar-refractivity contribution is -0.145. The molecule has 0 aromatic heterocycles. The monoisotopic (exact) mass is 864 g/mol. The zero-order valence-electron chi connectivity index (χ0n) is 32.6. The largest absolute Gasteiger partial charge is 0.416 e. The van der Waals surface area contributed by atoms with E-state index in [0.717, 1.165) is 11.1 Å². The number of benzene rings is 4. The summed E-state index contributed by atoms with van der Waals surface area (Å²) in [5.41, 5.74) is 0.367. The quantitative estimate of drug-likeness (QED) is 0.110. The van der Waals surface area contributed by atoms with Crippen LogP contribution >= 0.6 is 0 Å². The molecular formula is C43H44F12N2O3. The van der Waals surface area contributed by atoms with Crippen molar-refractivity contribution in [3.8, 4) is 0 Å². The van der Waals surface area contributed by atoms with Crippen LogP contribution in [0.2, 0.25) is 0 Å². The van der Waals surface area contributed by atoms with Gasteiger partial charge >= 0.3 is 24.7 Å². The Hall–Kier alpha value is -4.45. The van der Waals surface area contributed by atoms with Crippen LogP contribution in [0.25, 0.3) is 0 Å². The highest BCUT2D eigenvalue weighted by molar-refractivity contribution is 5.53.